The molecule has 0 spiro atoms. The molecule has 2 aliphatic rings. The van der Waals surface area contributed by atoms with Crippen molar-refractivity contribution in [2.75, 3.05) is 37.0 Å². The fourth-order valence-electron chi connectivity index (χ4n) is 5.78. The van der Waals surface area contributed by atoms with Gasteiger partial charge in [0.25, 0.3) is 0 Å². The van der Waals surface area contributed by atoms with Crippen LogP contribution in [0.4, 0.5) is 16.3 Å². The molecule has 11 heteroatoms. The maximum Gasteiger partial charge on any atom is 0.407 e. The molecule has 1 heterocycles. The van der Waals surface area contributed by atoms with Crippen molar-refractivity contribution in [3.05, 3.63) is 29.6 Å². The Hall–Kier alpha value is -2.92. The number of anilines is 2. The van der Waals surface area contributed by atoms with Gasteiger partial charge in [-0.3, -0.25) is 0 Å². The van der Waals surface area contributed by atoms with E-state index in [0.717, 1.165) is 65.9 Å². The van der Waals surface area contributed by atoms with Gasteiger partial charge in [0.15, 0.2) is 0 Å². The standard InChI is InChI=1S/C29H44N6O4S/c1-28(2,3)39-27(36)34-18-8-10-19(11-9-18)38-22-13-12-20-21(25(22)35(6)15-14-33-40(7)37)16-29(4,5)23-24(20)31-17-32-26(23)30/h12-13,17-19,33H,8-11,14-16H2,1-7H3,(H,34,36)(H2,30,31,32). The molecule has 0 saturated heterocycles. The third kappa shape index (κ3) is 7.04. The van der Waals surface area contributed by atoms with Crippen LogP contribution in [0.5, 0.6) is 5.75 Å². The van der Waals surface area contributed by atoms with E-state index in [1.165, 1.54) is 6.33 Å². The van der Waals surface area contributed by atoms with Crippen molar-refractivity contribution >= 4 is 28.6 Å². The van der Waals surface area contributed by atoms with Gasteiger partial charge in [0.2, 0.25) is 0 Å². The van der Waals surface area contributed by atoms with Crippen molar-refractivity contribution in [2.45, 2.75) is 89.9 Å². The minimum atomic E-state index is -1.09. The number of amides is 1. The van der Waals surface area contributed by atoms with Gasteiger partial charge < -0.3 is 25.4 Å². The lowest BCUT2D eigenvalue weighted by Crippen LogP contribution is -2.42. The number of nitrogens with one attached hydrogen (secondary N) is 2. The van der Waals surface area contributed by atoms with Crippen LogP contribution >= 0.6 is 0 Å². The second-order valence-corrected chi connectivity index (χ2v) is 13.7. The van der Waals surface area contributed by atoms with Gasteiger partial charge >= 0.3 is 6.09 Å². The van der Waals surface area contributed by atoms with Crippen LogP contribution in [0.25, 0.3) is 11.3 Å². The Labute approximate surface area is 240 Å². The fraction of sp³-hybridized carbons (Fsp3) is 0.621. The number of hydrogen-bond donors (Lipinski definition) is 3. The van der Waals surface area contributed by atoms with E-state index in [4.69, 9.17) is 15.2 Å². The first-order valence-electron chi connectivity index (χ1n) is 14.0. The number of fused-ring (bicyclic) bond motifs is 3. The number of aromatic nitrogens is 2. The number of ether oxygens (including phenoxy) is 2. The van der Waals surface area contributed by atoms with Gasteiger partial charge in [-0.05, 0) is 76.0 Å². The second kappa shape index (κ2) is 11.9. The number of likely N-dealkylation sites (N-methyl/N-ethyl adjacent to an activating group) is 1. The summed E-state index contributed by atoms with van der Waals surface area (Å²) >= 11 is 0. The monoisotopic (exact) mass is 572 g/mol. The molecule has 0 bridgehead atoms. The maximum absolute atomic E-state index is 12.2. The quantitative estimate of drug-likeness (QED) is 0.431. The van der Waals surface area contributed by atoms with Gasteiger partial charge in [-0.1, -0.05) is 13.8 Å². The zero-order chi connectivity index (χ0) is 29.2. The number of nitrogens with two attached hydrogens (primary N) is 1. The summed E-state index contributed by atoms with van der Waals surface area (Å²) in [4.78, 5) is 23.3. The summed E-state index contributed by atoms with van der Waals surface area (Å²) in [5.41, 5.74) is 10.6. The van der Waals surface area contributed by atoms with Gasteiger partial charge in [0.05, 0.1) is 28.5 Å². The van der Waals surface area contributed by atoms with Crippen LogP contribution in [0.15, 0.2) is 18.5 Å². The van der Waals surface area contributed by atoms with E-state index < -0.39 is 16.6 Å². The minimum Gasteiger partial charge on any atom is -0.488 e. The molecule has 0 radical (unpaired) electrons. The number of hydrogen-bond acceptors (Lipinski definition) is 8. The minimum absolute atomic E-state index is 0.0324. The Bertz CT molecular complexity index is 1250. The number of carbonyl (C=O) groups is 1. The van der Waals surface area contributed by atoms with E-state index in [0.29, 0.717) is 18.9 Å². The molecule has 1 aromatic heterocycles. The molecule has 0 aliphatic heterocycles. The summed E-state index contributed by atoms with van der Waals surface area (Å²) in [6.45, 7) is 11.2. The van der Waals surface area contributed by atoms with Crippen LogP contribution in [-0.4, -0.2) is 64.4 Å². The van der Waals surface area contributed by atoms with Gasteiger partial charge in [-0.15, -0.1) is 0 Å². The van der Waals surface area contributed by atoms with E-state index in [1.54, 1.807) is 6.26 Å². The number of rotatable bonds is 8. The number of carbonyl (C=O) groups excluding carboxylic acids is 1. The number of nitrogen functional groups attached to an aromatic ring is 1. The summed E-state index contributed by atoms with van der Waals surface area (Å²) in [5, 5.41) is 3.01. The highest BCUT2D eigenvalue weighted by Gasteiger charge is 2.37. The lowest BCUT2D eigenvalue weighted by Gasteiger charge is -2.38. The molecule has 1 aromatic carbocycles. The van der Waals surface area contributed by atoms with Crippen LogP contribution in [0.2, 0.25) is 0 Å². The van der Waals surface area contributed by atoms with E-state index >= 15 is 0 Å². The number of nitrogens with zero attached hydrogens (tertiary/aromatic N) is 3. The van der Waals surface area contributed by atoms with Crippen LogP contribution in [0.1, 0.15) is 71.4 Å². The smallest absolute Gasteiger partial charge is 0.407 e. The lowest BCUT2D eigenvalue weighted by atomic mass is 9.71. The molecule has 1 unspecified atom stereocenters. The van der Waals surface area contributed by atoms with E-state index in [1.807, 2.05) is 33.9 Å². The molecule has 1 atom stereocenters. The molecule has 4 N–H and O–H groups in total. The molecule has 2 aliphatic carbocycles. The molecular formula is C29H44N6O4S. The fourth-order valence-corrected chi connectivity index (χ4v) is 6.16. The van der Waals surface area contributed by atoms with Crippen molar-refractivity contribution < 1.29 is 18.5 Å². The topological polar surface area (TPSA) is 132 Å². The molecule has 4 rings (SSSR count). The third-order valence-electron chi connectivity index (χ3n) is 7.50. The molecular weight excluding hydrogens is 528 g/mol. The van der Waals surface area contributed by atoms with Crippen LogP contribution in [-0.2, 0) is 27.6 Å². The summed E-state index contributed by atoms with van der Waals surface area (Å²) in [5.74, 6) is 1.34. The van der Waals surface area contributed by atoms with Crippen molar-refractivity contribution in [1.82, 2.24) is 20.0 Å². The highest BCUT2D eigenvalue weighted by atomic mass is 32.2. The summed E-state index contributed by atoms with van der Waals surface area (Å²) < 4.78 is 26.8. The molecule has 2 aromatic rings. The molecule has 10 nitrogen and oxygen atoms in total. The zero-order valence-electron chi connectivity index (χ0n) is 24.8. The Balaban J connectivity index is 1.58. The number of benzene rings is 1. The number of alkyl carbamates (subject to hydrolysis) is 1. The van der Waals surface area contributed by atoms with Gasteiger partial charge in [0.1, 0.15) is 23.5 Å². The predicted molar refractivity (Wildman–Crippen MR) is 160 cm³/mol. The highest BCUT2D eigenvalue weighted by Crippen LogP contribution is 2.49. The molecule has 1 amide bonds. The largest absolute Gasteiger partial charge is 0.488 e. The van der Waals surface area contributed by atoms with Gasteiger partial charge in [0, 0.05) is 43.6 Å². The predicted octanol–water partition coefficient (Wildman–Crippen LogP) is 4.09. The van der Waals surface area contributed by atoms with Crippen molar-refractivity contribution in [3.63, 3.8) is 0 Å². The zero-order valence-corrected chi connectivity index (χ0v) is 25.6. The van der Waals surface area contributed by atoms with E-state index in [2.05, 4.69) is 44.8 Å². The Kier molecular flexibility index (Phi) is 8.94. The van der Waals surface area contributed by atoms with Crippen molar-refractivity contribution in [2.24, 2.45) is 0 Å². The van der Waals surface area contributed by atoms with Gasteiger partial charge in [-0.25, -0.2) is 23.7 Å². The Morgan fingerprint density at radius 3 is 2.55 bits per heavy atom. The average molecular weight is 573 g/mol. The van der Waals surface area contributed by atoms with Crippen LogP contribution in [0.3, 0.4) is 0 Å². The summed E-state index contributed by atoms with van der Waals surface area (Å²) in [6.07, 6.45) is 6.88. The van der Waals surface area contributed by atoms with Crippen LogP contribution < -0.4 is 25.4 Å². The first-order valence-corrected chi connectivity index (χ1v) is 15.5. The molecule has 1 fully saturated rings. The SMILES string of the molecule is CN(CCNS(C)=O)c1c(OC2CCC(NC(=O)OC(C)(C)C)CC2)ccc2c1CC(C)(C)c1c(N)ncnc1-2. The molecule has 40 heavy (non-hydrogen) atoms. The second-order valence-electron chi connectivity index (χ2n) is 12.5. The Morgan fingerprint density at radius 1 is 1.20 bits per heavy atom. The summed E-state index contributed by atoms with van der Waals surface area (Å²) in [7, 11) is 0.955. The molecule has 220 valence electrons. The highest BCUT2D eigenvalue weighted by molar-refractivity contribution is 7.82. The summed E-state index contributed by atoms with van der Waals surface area (Å²) in [6, 6.07) is 4.18. The molecule has 1 saturated carbocycles. The average Bonchev–Trinajstić information content (AvgIpc) is 2.83. The third-order valence-corrected chi connectivity index (χ3v) is 8.11. The lowest BCUT2D eigenvalue weighted by molar-refractivity contribution is 0.0471. The van der Waals surface area contributed by atoms with Crippen molar-refractivity contribution in [1.29, 1.82) is 0 Å². The van der Waals surface area contributed by atoms with Gasteiger partial charge in [-0.2, -0.15) is 0 Å². The van der Waals surface area contributed by atoms with Crippen LogP contribution in [0, 0.1) is 0 Å². The normalized spacial score (nSPS) is 20.6. The van der Waals surface area contributed by atoms with Crippen molar-refractivity contribution in [3.8, 4) is 17.0 Å². The first kappa shape index (κ1) is 30.0. The van der Waals surface area contributed by atoms with E-state index in [-0.39, 0.29) is 23.7 Å². The Morgan fingerprint density at radius 2 is 1.90 bits per heavy atom. The first-order chi connectivity index (χ1) is 18.7. The van der Waals surface area contributed by atoms with E-state index in [9.17, 15) is 9.00 Å². The maximum atomic E-state index is 12.2.